The van der Waals surface area contributed by atoms with Gasteiger partial charge >= 0.3 is 0 Å². The van der Waals surface area contributed by atoms with Crippen molar-refractivity contribution in [3.63, 3.8) is 0 Å². The number of sulfone groups is 1. The first-order valence-corrected chi connectivity index (χ1v) is 10.2. The Bertz CT molecular complexity index is 1050. The number of nitrogens with zero attached hydrogens (tertiary/aromatic N) is 4. The summed E-state index contributed by atoms with van der Waals surface area (Å²) in [7, 11) is -3.11. The Morgan fingerprint density at radius 2 is 1.85 bits per heavy atom. The van der Waals surface area contributed by atoms with E-state index in [0.717, 1.165) is 11.0 Å². The van der Waals surface area contributed by atoms with Gasteiger partial charge in [-0.2, -0.15) is 0 Å². The van der Waals surface area contributed by atoms with E-state index >= 15 is 0 Å². The molecule has 0 saturated carbocycles. The number of para-hydroxylation sites is 2. The fraction of sp³-hybridized carbons (Fsp3) is 0.278. The zero-order valence-corrected chi connectivity index (χ0v) is 14.8. The summed E-state index contributed by atoms with van der Waals surface area (Å²) in [5.74, 6) is -0.0966. The van der Waals surface area contributed by atoms with Crippen LogP contribution in [0.25, 0.3) is 11.0 Å². The van der Waals surface area contributed by atoms with E-state index in [9.17, 15) is 13.2 Å². The summed E-state index contributed by atoms with van der Waals surface area (Å²) in [4.78, 5) is 14.7. The first kappa shape index (κ1) is 16.7. The number of hydrogen-bond acceptors (Lipinski definition) is 5. The minimum atomic E-state index is -3.11. The van der Waals surface area contributed by atoms with E-state index in [0.29, 0.717) is 12.1 Å². The van der Waals surface area contributed by atoms with E-state index < -0.39 is 9.84 Å². The number of hydrogen-bond donors (Lipinski definition) is 0. The smallest absolute Gasteiger partial charge is 0.249 e. The summed E-state index contributed by atoms with van der Waals surface area (Å²) in [6.07, 6.45) is 0.446. The van der Waals surface area contributed by atoms with Crippen LogP contribution in [0.1, 0.15) is 6.42 Å². The van der Waals surface area contributed by atoms with Gasteiger partial charge in [-0.05, 0) is 30.7 Å². The molecule has 0 spiro atoms. The fourth-order valence-electron chi connectivity index (χ4n) is 3.36. The van der Waals surface area contributed by atoms with E-state index in [-0.39, 0.29) is 30.0 Å². The van der Waals surface area contributed by atoms with Crippen molar-refractivity contribution in [1.29, 1.82) is 0 Å². The van der Waals surface area contributed by atoms with Crippen LogP contribution >= 0.6 is 0 Å². The maximum Gasteiger partial charge on any atom is 0.249 e. The van der Waals surface area contributed by atoms with E-state index in [2.05, 4.69) is 10.3 Å². The summed E-state index contributed by atoms with van der Waals surface area (Å²) < 4.78 is 25.4. The molecular weight excluding hydrogens is 352 g/mol. The first-order chi connectivity index (χ1) is 12.5. The average molecular weight is 370 g/mol. The third-order valence-corrected chi connectivity index (χ3v) is 6.33. The highest BCUT2D eigenvalue weighted by Gasteiger charge is 2.35. The topological polar surface area (TPSA) is 85.2 Å². The summed E-state index contributed by atoms with van der Waals surface area (Å²) in [5.41, 5.74) is 2.19. The Balaban J connectivity index is 1.66. The molecule has 4 rings (SSSR count). The van der Waals surface area contributed by atoms with Gasteiger partial charge in [0.05, 0.1) is 23.1 Å². The number of aromatic nitrogens is 3. The molecule has 0 bridgehead atoms. The van der Waals surface area contributed by atoms with Crippen LogP contribution in [0.3, 0.4) is 0 Å². The second-order valence-electron chi connectivity index (χ2n) is 6.39. The van der Waals surface area contributed by atoms with Crippen LogP contribution in [0.5, 0.6) is 0 Å². The van der Waals surface area contributed by atoms with E-state index in [1.54, 1.807) is 9.58 Å². The molecule has 0 unspecified atom stereocenters. The third-order valence-electron chi connectivity index (χ3n) is 4.58. The molecule has 134 valence electrons. The van der Waals surface area contributed by atoms with Gasteiger partial charge in [-0.15, -0.1) is 5.10 Å². The molecule has 1 aliphatic heterocycles. The molecule has 1 amide bonds. The second kappa shape index (κ2) is 6.53. The Morgan fingerprint density at radius 1 is 1.12 bits per heavy atom. The van der Waals surface area contributed by atoms with E-state index in [1.165, 1.54) is 0 Å². The third kappa shape index (κ3) is 3.20. The minimum Gasteiger partial charge on any atom is -0.307 e. The van der Waals surface area contributed by atoms with Gasteiger partial charge in [0.1, 0.15) is 12.1 Å². The van der Waals surface area contributed by atoms with Gasteiger partial charge in [-0.3, -0.25) is 4.79 Å². The standard InChI is InChI=1S/C18H18N4O3S/c23-18(12-21-17-9-5-4-8-16(17)19-20-21)22(14-6-2-1-3-7-14)15-10-11-26(24,25)13-15/h1-9,15H,10-13H2/t15-/m1/s1. The lowest BCUT2D eigenvalue weighted by Gasteiger charge is -2.28. The van der Waals surface area contributed by atoms with Gasteiger partial charge in [-0.1, -0.05) is 35.5 Å². The Kier molecular flexibility index (Phi) is 4.20. The van der Waals surface area contributed by atoms with Crippen molar-refractivity contribution in [3.8, 4) is 0 Å². The number of fused-ring (bicyclic) bond motifs is 1. The normalized spacial score (nSPS) is 18.8. The van der Waals surface area contributed by atoms with Gasteiger partial charge in [0, 0.05) is 5.69 Å². The highest BCUT2D eigenvalue weighted by atomic mass is 32.2. The number of carbonyl (C=O) groups excluding carboxylic acids is 1. The maximum atomic E-state index is 13.1. The summed E-state index contributed by atoms with van der Waals surface area (Å²) in [5, 5.41) is 8.14. The molecule has 0 radical (unpaired) electrons. The lowest BCUT2D eigenvalue weighted by atomic mass is 10.1. The van der Waals surface area contributed by atoms with Crippen LogP contribution in [-0.2, 0) is 21.2 Å². The van der Waals surface area contributed by atoms with Crippen LogP contribution in [0.15, 0.2) is 54.6 Å². The van der Waals surface area contributed by atoms with Gasteiger partial charge < -0.3 is 4.90 Å². The fourth-order valence-corrected chi connectivity index (χ4v) is 5.06. The molecular formula is C18H18N4O3S. The Morgan fingerprint density at radius 3 is 2.58 bits per heavy atom. The van der Waals surface area contributed by atoms with Crippen molar-refractivity contribution in [2.24, 2.45) is 0 Å². The lowest BCUT2D eigenvalue weighted by Crippen LogP contribution is -2.43. The Labute approximate surface area is 151 Å². The number of carbonyl (C=O) groups is 1. The maximum absolute atomic E-state index is 13.1. The summed E-state index contributed by atoms with van der Waals surface area (Å²) in [6.45, 7) is 0.00591. The molecule has 1 fully saturated rings. The number of rotatable bonds is 4. The molecule has 1 aliphatic rings. The molecule has 0 N–H and O–H groups in total. The molecule has 1 saturated heterocycles. The molecule has 2 heterocycles. The number of amides is 1. The van der Waals surface area contributed by atoms with Gasteiger partial charge in [0.25, 0.3) is 0 Å². The zero-order valence-electron chi connectivity index (χ0n) is 14.0. The first-order valence-electron chi connectivity index (χ1n) is 8.39. The van der Waals surface area contributed by atoms with Gasteiger partial charge in [-0.25, -0.2) is 13.1 Å². The van der Waals surface area contributed by atoms with Gasteiger partial charge in [0.15, 0.2) is 9.84 Å². The van der Waals surface area contributed by atoms with Crippen LogP contribution in [-0.4, -0.2) is 46.9 Å². The van der Waals surface area contributed by atoms with Crippen LogP contribution in [0, 0.1) is 0 Å². The Hall–Kier alpha value is -2.74. The monoisotopic (exact) mass is 370 g/mol. The van der Waals surface area contributed by atoms with Crippen molar-refractivity contribution in [1.82, 2.24) is 15.0 Å². The molecule has 26 heavy (non-hydrogen) atoms. The molecule has 8 heteroatoms. The highest BCUT2D eigenvalue weighted by Crippen LogP contribution is 2.25. The van der Waals surface area contributed by atoms with E-state index in [1.807, 2.05) is 54.6 Å². The molecule has 3 aromatic rings. The number of anilines is 1. The SMILES string of the molecule is O=C(Cn1nnc2ccccc21)N(c1ccccc1)[C@@H]1CCS(=O)(=O)C1. The predicted octanol–water partition coefficient (Wildman–Crippen LogP) is 1.65. The quantitative estimate of drug-likeness (QED) is 0.697. The highest BCUT2D eigenvalue weighted by molar-refractivity contribution is 7.91. The second-order valence-corrected chi connectivity index (χ2v) is 8.62. The predicted molar refractivity (Wildman–Crippen MR) is 98.5 cm³/mol. The van der Waals surface area contributed by atoms with Crippen molar-refractivity contribution in [3.05, 3.63) is 54.6 Å². The molecule has 0 aliphatic carbocycles. The molecule has 2 aromatic carbocycles. The average Bonchev–Trinajstić information content (AvgIpc) is 3.20. The van der Waals surface area contributed by atoms with Crippen LogP contribution < -0.4 is 4.90 Å². The minimum absolute atomic E-state index is 0.00591. The van der Waals surface area contributed by atoms with Gasteiger partial charge in [0.2, 0.25) is 5.91 Å². The largest absolute Gasteiger partial charge is 0.307 e. The number of benzene rings is 2. The summed E-state index contributed by atoms with van der Waals surface area (Å²) in [6, 6.07) is 16.2. The van der Waals surface area contributed by atoms with Crippen LogP contribution in [0.2, 0.25) is 0 Å². The lowest BCUT2D eigenvalue weighted by molar-refractivity contribution is -0.119. The van der Waals surface area contributed by atoms with Crippen molar-refractivity contribution in [2.75, 3.05) is 16.4 Å². The summed E-state index contributed by atoms with van der Waals surface area (Å²) >= 11 is 0. The zero-order chi connectivity index (χ0) is 18.1. The van der Waals surface area contributed by atoms with Crippen molar-refractivity contribution < 1.29 is 13.2 Å². The van der Waals surface area contributed by atoms with Crippen LogP contribution in [0.4, 0.5) is 5.69 Å². The van der Waals surface area contributed by atoms with Crippen molar-refractivity contribution >= 4 is 32.5 Å². The molecule has 1 atom stereocenters. The van der Waals surface area contributed by atoms with E-state index in [4.69, 9.17) is 0 Å². The molecule has 7 nitrogen and oxygen atoms in total. The van der Waals surface area contributed by atoms with Crippen molar-refractivity contribution in [2.45, 2.75) is 19.0 Å². The molecule has 1 aromatic heterocycles.